The minimum atomic E-state index is -0.221. The van der Waals surface area contributed by atoms with Crippen molar-refractivity contribution < 1.29 is 9.59 Å². The van der Waals surface area contributed by atoms with Gasteiger partial charge < -0.3 is 5.32 Å². The van der Waals surface area contributed by atoms with Gasteiger partial charge in [0.25, 0.3) is 0 Å². The number of thioether (sulfide) groups is 1. The molecule has 21 heavy (non-hydrogen) atoms. The number of carbonyl (C=O) groups excluding carboxylic acids is 2. The van der Waals surface area contributed by atoms with E-state index < -0.39 is 0 Å². The molecule has 2 fully saturated rings. The molecule has 5 heteroatoms. The maximum atomic E-state index is 12.4. The Morgan fingerprint density at radius 3 is 2.62 bits per heavy atom. The molecule has 1 aromatic rings. The van der Waals surface area contributed by atoms with Crippen LogP contribution in [0, 0.1) is 5.92 Å². The third kappa shape index (κ3) is 3.86. The van der Waals surface area contributed by atoms with Crippen LogP contribution in [0.2, 0.25) is 0 Å². The Kier molecular flexibility index (Phi) is 4.60. The van der Waals surface area contributed by atoms with Crippen LogP contribution in [0.1, 0.15) is 24.8 Å². The number of amides is 1. The summed E-state index contributed by atoms with van der Waals surface area (Å²) >= 11 is 1.37. The molecular weight excluding hydrogens is 284 g/mol. The van der Waals surface area contributed by atoms with E-state index in [1.807, 2.05) is 30.3 Å². The van der Waals surface area contributed by atoms with Crippen LogP contribution in [0.15, 0.2) is 30.3 Å². The molecule has 2 unspecified atom stereocenters. The number of carbonyl (C=O) groups is 2. The molecule has 0 spiro atoms. The van der Waals surface area contributed by atoms with E-state index >= 15 is 0 Å². The summed E-state index contributed by atoms with van der Waals surface area (Å²) in [6.07, 6.45) is 2.98. The zero-order valence-electron chi connectivity index (χ0n) is 11.9. The topological polar surface area (TPSA) is 58.2 Å². The van der Waals surface area contributed by atoms with Gasteiger partial charge in [0.2, 0.25) is 11.0 Å². The van der Waals surface area contributed by atoms with Crippen LogP contribution in [0.25, 0.3) is 0 Å². The normalized spacial score (nSPS) is 23.0. The second-order valence-corrected chi connectivity index (χ2v) is 6.79. The lowest BCUT2D eigenvalue weighted by Gasteiger charge is -2.21. The van der Waals surface area contributed by atoms with Crippen LogP contribution in [0.4, 0.5) is 0 Å². The highest BCUT2D eigenvalue weighted by molar-refractivity contribution is 8.14. The molecule has 1 amide bonds. The summed E-state index contributed by atoms with van der Waals surface area (Å²) in [5.41, 5.74) is 1.09. The number of benzene rings is 1. The van der Waals surface area contributed by atoms with Gasteiger partial charge in [-0.05, 0) is 30.7 Å². The molecule has 0 radical (unpaired) electrons. The third-order valence-electron chi connectivity index (χ3n) is 4.00. The van der Waals surface area contributed by atoms with Crippen LogP contribution >= 0.6 is 11.8 Å². The van der Waals surface area contributed by atoms with Crippen molar-refractivity contribution in [3.63, 3.8) is 0 Å². The second kappa shape index (κ2) is 6.62. The molecule has 4 nitrogen and oxygen atoms in total. The zero-order valence-corrected chi connectivity index (χ0v) is 12.7. The van der Waals surface area contributed by atoms with Crippen LogP contribution in [-0.2, 0) is 16.1 Å². The first-order valence-corrected chi connectivity index (χ1v) is 8.47. The van der Waals surface area contributed by atoms with Gasteiger partial charge in [0, 0.05) is 12.3 Å². The van der Waals surface area contributed by atoms with Gasteiger partial charge in [0.15, 0.2) is 0 Å². The standard InChI is InChI=1S/C16H20N2O2S/c19-15(17-10-11-4-2-1-3-5-11)14(12-6-7-12)18-13-8-9-21-16(13)20/h1-5,12-14,18H,6-10H2,(H,17,19). The monoisotopic (exact) mass is 304 g/mol. The van der Waals surface area contributed by atoms with E-state index in [1.54, 1.807) is 0 Å². The Labute approximate surface area is 129 Å². The molecule has 0 bridgehead atoms. The first-order chi connectivity index (χ1) is 10.2. The number of hydrogen-bond acceptors (Lipinski definition) is 4. The Balaban J connectivity index is 1.56. The van der Waals surface area contributed by atoms with Crippen LogP contribution < -0.4 is 10.6 Å². The van der Waals surface area contributed by atoms with E-state index in [2.05, 4.69) is 10.6 Å². The van der Waals surface area contributed by atoms with E-state index in [-0.39, 0.29) is 23.1 Å². The van der Waals surface area contributed by atoms with Gasteiger partial charge in [-0.1, -0.05) is 42.1 Å². The van der Waals surface area contributed by atoms with Crippen LogP contribution in [0.3, 0.4) is 0 Å². The Hall–Kier alpha value is -1.33. The SMILES string of the molecule is O=C1SCCC1NC(C(=O)NCc1ccccc1)C1CC1. The largest absolute Gasteiger partial charge is 0.351 e. The van der Waals surface area contributed by atoms with E-state index in [0.29, 0.717) is 12.5 Å². The minimum absolute atomic E-state index is 0.0195. The van der Waals surface area contributed by atoms with Gasteiger partial charge in [0.1, 0.15) is 0 Å². The van der Waals surface area contributed by atoms with Gasteiger partial charge in [-0.2, -0.15) is 0 Å². The fourth-order valence-electron chi connectivity index (χ4n) is 2.61. The van der Waals surface area contributed by atoms with Crippen molar-refractivity contribution in [2.75, 3.05) is 5.75 Å². The molecular formula is C16H20N2O2S. The van der Waals surface area contributed by atoms with Crippen LogP contribution in [-0.4, -0.2) is 28.9 Å². The van der Waals surface area contributed by atoms with Crippen molar-refractivity contribution in [2.24, 2.45) is 5.92 Å². The maximum Gasteiger partial charge on any atom is 0.237 e. The molecule has 2 atom stereocenters. The quantitative estimate of drug-likeness (QED) is 0.840. The number of hydrogen-bond donors (Lipinski definition) is 2. The van der Waals surface area contributed by atoms with Crippen molar-refractivity contribution in [1.29, 1.82) is 0 Å². The molecule has 1 aromatic carbocycles. The van der Waals surface area contributed by atoms with Gasteiger partial charge in [-0.3, -0.25) is 14.9 Å². The molecule has 0 aromatic heterocycles. The summed E-state index contributed by atoms with van der Waals surface area (Å²) in [5.74, 6) is 1.27. The zero-order chi connectivity index (χ0) is 14.7. The summed E-state index contributed by atoms with van der Waals surface area (Å²) in [4.78, 5) is 24.1. The number of rotatable bonds is 6. The molecule has 1 aliphatic carbocycles. The molecule has 1 saturated heterocycles. The predicted molar refractivity (Wildman–Crippen MR) is 83.8 cm³/mol. The highest BCUT2D eigenvalue weighted by Gasteiger charge is 2.39. The molecule has 2 aliphatic rings. The van der Waals surface area contributed by atoms with Crippen molar-refractivity contribution in [3.8, 4) is 0 Å². The highest BCUT2D eigenvalue weighted by Crippen LogP contribution is 2.34. The average Bonchev–Trinajstić information content (AvgIpc) is 3.27. The molecule has 1 heterocycles. The first kappa shape index (κ1) is 14.6. The fourth-order valence-corrected chi connectivity index (χ4v) is 3.56. The second-order valence-electron chi connectivity index (χ2n) is 5.69. The Bertz CT molecular complexity index is 516. The Morgan fingerprint density at radius 1 is 1.24 bits per heavy atom. The van der Waals surface area contributed by atoms with Crippen molar-refractivity contribution in [2.45, 2.75) is 37.9 Å². The third-order valence-corrected chi connectivity index (χ3v) is 5.01. The van der Waals surface area contributed by atoms with E-state index in [9.17, 15) is 9.59 Å². The maximum absolute atomic E-state index is 12.4. The lowest BCUT2D eigenvalue weighted by atomic mass is 10.1. The molecule has 2 N–H and O–H groups in total. The first-order valence-electron chi connectivity index (χ1n) is 7.48. The lowest BCUT2D eigenvalue weighted by Crippen LogP contribution is -2.50. The van der Waals surface area contributed by atoms with Crippen LogP contribution in [0.5, 0.6) is 0 Å². The summed E-state index contributed by atoms with van der Waals surface area (Å²) in [6, 6.07) is 9.51. The predicted octanol–water partition coefficient (Wildman–Crippen LogP) is 1.70. The minimum Gasteiger partial charge on any atom is -0.351 e. The van der Waals surface area contributed by atoms with Crippen molar-refractivity contribution in [1.82, 2.24) is 10.6 Å². The number of nitrogens with one attached hydrogen (secondary N) is 2. The molecule has 1 aliphatic heterocycles. The smallest absolute Gasteiger partial charge is 0.237 e. The highest BCUT2D eigenvalue weighted by atomic mass is 32.2. The summed E-state index contributed by atoms with van der Waals surface area (Å²) in [7, 11) is 0. The van der Waals surface area contributed by atoms with E-state index in [4.69, 9.17) is 0 Å². The summed E-state index contributed by atoms with van der Waals surface area (Å²) in [5, 5.41) is 6.45. The van der Waals surface area contributed by atoms with Crippen molar-refractivity contribution in [3.05, 3.63) is 35.9 Å². The van der Waals surface area contributed by atoms with Gasteiger partial charge in [0.05, 0.1) is 12.1 Å². The van der Waals surface area contributed by atoms with Gasteiger partial charge in [-0.25, -0.2) is 0 Å². The summed E-state index contributed by atoms with van der Waals surface area (Å²) in [6.45, 7) is 0.540. The summed E-state index contributed by atoms with van der Waals surface area (Å²) < 4.78 is 0. The van der Waals surface area contributed by atoms with Gasteiger partial charge >= 0.3 is 0 Å². The lowest BCUT2D eigenvalue weighted by molar-refractivity contribution is -0.124. The van der Waals surface area contributed by atoms with E-state index in [1.165, 1.54) is 11.8 Å². The fraction of sp³-hybridized carbons (Fsp3) is 0.500. The Morgan fingerprint density at radius 2 is 2.00 bits per heavy atom. The molecule has 112 valence electrons. The molecule has 1 saturated carbocycles. The van der Waals surface area contributed by atoms with Gasteiger partial charge in [-0.15, -0.1) is 0 Å². The van der Waals surface area contributed by atoms with Crippen molar-refractivity contribution >= 4 is 22.8 Å². The molecule has 3 rings (SSSR count). The average molecular weight is 304 g/mol. The van der Waals surface area contributed by atoms with E-state index in [0.717, 1.165) is 30.6 Å².